The molecule has 1 nitrogen and oxygen atoms in total. The van der Waals surface area contributed by atoms with Gasteiger partial charge in [0.25, 0.3) is 0 Å². The van der Waals surface area contributed by atoms with E-state index in [9.17, 15) is 13.2 Å². The molecule has 0 amide bonds. The van der Waals surface area contributed by atoms with Crippen molar-refractivity contribution >= 4 is 21.6 Å². The molecule has 0 bridgehead atoms. The Balaban J connectivity index is 2.14. The van der Waals surface area contributed by atoms with E-state index in [0.29, 0.717) is 4.47 Å². The smallest absolute Gasteiger partial charge is 0.163 e. The lowest BCUT2D eigenvalue weighted by atomic mass is 10.2. The second-order valence-electron chi connectivity index (χ2n) is 3.69. The zero-order valence-electron chi connectivity index (χ0n) is 9.18. The lowest BCUT2D eigenvalue weighted by molar-refractivity contribution is 0.500. The molecule has 0 saturated carbocycles. The lowest BCUT2D eigenvalue weighted by Crippen LogP contribution is -2.04. The van der Waals surface area contributed by atoms with E-state index in [1.54, 1.807) is 6.07 Å². The molecular formula is C13H9BrF3N. The molecule has 0 heterocycles. The molecule has 2 aromatic carbocycles. The van der Waals surface area contributed by atoms with Gasteiger partial charge < -0.3 is 5.32 Å². The van der Waals surface area contributed by atoms with E-state index in [0.717, 1.165) is 6.07 Å². The Morgan fingerprint density at radius 3 is 2.50 bits per heavy atom. The molecule has 2 rings (SSSR count). The number of hydrogen-bond donors (Lipinski definition) is 1. The van der Waals surface area contributed by atoms with Gasteiger partial charge in [-0.2, -0.15) is 0 Å². The Morgan fingerprint density at radius 2 is 1.78 bits per heavy atom. The van der Waals surface area contributed by atoms with Crippen molar-refractivity contribution in [2.24, 2.45) is 0 Å². The first-order valence-electron chi connectivity index (χ1n) is 5.20. The molecule has 0 spiro atoms. The van der Waals surface area contributed by atoms with Crippen molar-refractivity contribution in [3.8, 4) is 0 Å². The maximum Gasteiger partial charge on any atom is 0.163 e. The van der Waals surface area contributed by atoms with E-state index in [-0.39, 0.29) is 17.8 Å². The molecule has 0 radical (unpaired) electrons. The highest BCUT2D eigenvalue weighted by Crippen LogP contribution is 2.20. The molecule has 0 saturated heterocycles. The van der Waals surface area contributed by atoms with Crippen LogP contribution in [-0.2, 0) is 6.54 Å². The van der Waals surface area contributed by atoms with Crippen molar-refractivity contribution in [2.75, 3.05) is 5.32 Å². The third-order valence-electron chi connectivity index (χ3n) is 2.43. The predicted octanol–water partition coefficient (Wildman–Crippen LogP) is 4.48. The number of nitrogens with one attached hydrogen (secondary N) is 1. The SMILES string of the molecule is Fc1cc(Br)ccc1NCc1cccc(F)c1F. The summed E-state index contributed by atoms with van der Waals surface area (Å²) in [5.41, 5.74) is 0.388. The van der Waals surface area contributed by atoms with E-state index in [1.807, 2.05) is 0 Å². The average molecular weight is 316 g/mol. The maximum atomic E-state index is 13.5. The average Bonchev–Trinajstić information content (AvgIpc) is 2.33. The summed E-state index contributed by atoms with van der Waals surface area (Å²) in [6, 6.07) is 8.38. The Morgan fingerprint density at radius 1 is 1.00 bits per heavy atom. The van der Waals surface area contributed by atoms with Gasteiger partial charge in [-0.25, -0.2) is 13.2 Å². The first-order valence-corrected chi connectivity index (χ1v) is 5.99. The molecule has 94 valence electrons. The molecule has 0 aliphatic heterocycles. The van der Waals surface area contributed by atoms with E-state index >= 15 is 0 Å². The number of anilines is 1. The van der Waals surface area contributed by atoms with Crippen LogP contribution >= 0.6 is 15.9 Å². The van der Waals surface area contributed by atoms with Crippen LogP contribution in [0.15, 0.2) is 40.9 Å². The number of benzene rings is 2. The van der Waals surface area contributed by atoms with Gasteiger partial charge in [0.1, 0.15) is 5.82 Å². The summed E-state index contributed by atoms with van der Waals surface area (Å²) in [4.78, 5) is 0. The maximum absolute atomic E-state index is 13.5. The summed E-state index contributed by atoms with van der Waals surface area (Å²) in [5, 5.41) is 2.72. The van der Waals surface area contributed by atoms with E-state index in [4.69, 9.17) is 0 Å². The molecule has 5 heteroatoms. The van der Waals surface area contributed by atoms with Crippen LogP contribution in [0.4, 0.5) is 18.9 Å². The highest BCUT2D eigenvalue weighted by Gasteiger charge is 2.08. The molecule has 1 N–H and O–H groups in total. The van der Waals surface area contributed by atoms with Crippen molar-refractivity contribution in [1.82, 2.24) is 0 Å². The van der Waals surface area contributed by atoms with E-state index in [1.165, 1.54) is 24.3 Å². The van der Waals surface area contributed by atoms with Crippen molar-refractivity contribution in [3.63, 3.8) is 0 Å². The van der Waals surface area contributed by atoms with Crippen LogP contribution in [0.5, 0.6) is 0 Å². The van der Waals surface area contributed by atoms with Crippen LogP contribution in [0.2, 0.25) is 0 Å². The number of hydrogen-bond acceptors (Lipinski definition) is 1. The van der Waals surface area contributed by atoms with Gasteiger partial charge in [-0.05, 0) is 24.3 Å². The topological polar surface area (TPSA) is 12.0 Å². The first-order chi connectivity index (χ1) is 8.58. The van der Waals surface area contributed by atoms with Gasteiger partial charge >= 0.3 is 0 Å². The lowest BCUT2D eigenvalue weighted by Gasteiger charge is -2.09. The Labute approximate surface area is 111 Å². The predicted molar refractivity (Wildman–Crippen MR) is 67.8 cm³/mol. The van der Waals surface area contributed by atoms with Gasteiger partial charge in [0.15, 0.2) is 11.6 Å². The fourth-order valence-electron chi connectivity index (χ4n) is 1.51. The van der Waals surface area contributed by atoms with Crippen molar-refractivity contribution < 1.29 is 13.2 Å². The van der Waals surface area contributed by atoms with Gasteiger partial charge in [-0.3, -0.25) is 0 Å². The van der Waals surface area contributed by atoms with E-state index in [2.05, 4.69) is 21.2 Å². The van der Waals surface area contributed by atoms with E-state index < -0.39 is 17.5 Å². The molecule has 0 aromatic heterocycles. The van der Waals surface area contributed by atoms with Gasteiger partial charge in [0, 0.05) is 16.6 Å². The molecule has 0 aliphatic carbocycles. The second kappa shape index (κ2) is 5.44. The summed E-state index contributed by atoms with van der Waals surface area (Å²) >= 11 is 3.14. The van der Waals surface area contributed by atoms with Crippen LogP contribution < -0.4 is 5.32 Å². The monoisotopic (exact) mass is 315 g/mol. The van der Waals surface area contributed by atoms with Crippen molar-refractivity contribution in [1.29, 1.82) is 0 Å². The highest BCUT2D eigenvalue weighted by atomic mass is 79.9. The zero-order chi connectivity index (χ0) is 13.1. The highest BCUT2D eigenvalue weighted by molar-refractivity contribution is 9.10. The molecule has 2 aromatic rings. The Hall–Kier alpha value is -1.49. The summed E-state index contributed by atoms with van der Waals surface area (Å²) in [6.45, 7) is 0.0160. The minimum absolute atomic E-state index is 0.0160. The first kappa shape index (κ1) is 13.0. The minimum atomic E-state index is -0.914. The molecule has 0 aliphatic rings. The zero-order valence-corrected chi connectivity index (χ0v) is 10.8. The van der Waals surface area contributed by atoms with Crippen molar-refractivity contribution in [2.45, 2.75) is 6.54 Å². The quantitative estimate of drug-likeness (QED) is 0.880. The van der Waals surface area contributed by atoms with Crippen LogP contribution in [0.3, 0.4) is 0 Å². The Kier molecular flexibility index (Phi) is 3.91. The largest absolute Gasteiger partial charge is 0.378 e. The van der Waals surface area contributed by atoms with Gasteiger partial charge in [-0.15, -0.1) is 0 Å². The van der Waals surface area contributed by atoms with Crippen LogP contribution in [0.25, 0.3) is 0 Å². The van der Waals surface area contributed by atoms with Crippen molar-refractivity contribution in [3.05, 3.63) is 63.9 Å². The third-order valence-corrected chi connectivity index (χ3v) is 2.93. The standard InChI is InChI=1S/C13H9BrF3N/c14-9-4-5-12(11(16)6-9)18-7-8-2-1-3-10(15)13(8)17/h1-6,18H,7H2. The molecule has 0 fully saturated rings. The van der Waals surface area contributed by atoms with Crippen LogP contribution in [0.1, 0.15) is 5.56 Å². The second-order valence-corrected chi connectivity index (χ2v) is 4.61. The Bertz CT molecular complexity index is 572. The number of rotatable bonds is 3. The summed E-state index contributed by atoms with van der Waals surface area (Å²) in [5.74, 6) is -2.28. The molecule has 0 unspecified atom stereocenters. The summed E-state index contributed by atoms with van der Waals surface area (Å²) < 4.78 is 40.4. The number of halogens is 4. The minimum Gasteiger partial charge on any atom is -0.378 e. The summed E-state index contributed by atoms with van der Waals surface area (Å²) in [6.07, 6.45) is 0. The van der Waals surface area contributed by atoms with Crippen LogP contribution in [-0.4, -0.2) is 0 Å². The van der Waals surface area contributed by atoms with Gasteiger partial charge in [0.2, 0.25) is 0 Å². The fraction of sp³-hybridized carbons (Fsp3) is 0.0769. The fourth-order valence-corrected chi connectivity index (χ4v) is 1.84. The van der Waals surface area contributed by atoms with Gasteiger partial charge in [0.05, 0.1) is 5.69 Å². The third kappa shape index (κ3) is 2.85. The molecule has 0 atom stereocenters. The normalized spacial score (nSPS) is 10.4. The molecule has 18 heavy (non-hydrogen) atoms. The summed E-state index contributed by atoms with van der Waals surface area (Å²) in [7, 11) is 0. The van der Waals surface area contributed by atoms with Crippen LogP contribution in [0, 0.1) is 17.5 Å². The molecular weight excluding hydrogens is 307 g/mol. The van der Waals surface area contributed by atoms with Gasteiger partial charge in [-0.1, -0.05) is 28.1 Å².